The van der Waals surface area contributed by atoms with Crippen LogP contribution >= 0.6 is 23.2 Å². The number of pyridine rings is 2. The van der Waals surface area contributed by atoms with Gasteiger partial charge in [-0.25, -0.2) is 14.1 Å². The Bertz CT molecular complexity index is 1800. The number of hydrogen-bond acceptors (Lipinski definition) is 7. The molecule has 0 aliphatic heterocycles. The largest absolute Gasteiger partial charge is 0.373 e. The van der Waals surface area contributed by atoms with Gasteiger partial charge in [-0.3, -0.25) is 4.98 Å². The first kappa shape index (κ1) is 23.8. The quantitative estimate of drug-likeness (QED) is 0.206. The van der Waals surface area contributed by atoms with Gasteiger partial charge >= 0.3 is 0 Å². The molecule has 8 nitrogen and oxygen atoms in total. The molecule has 1 aliphatic rings. The second kappa shape index (κ2) is 10.1. The van der Waals surface area contributed by atoms with Gasteiger partial charge in [0.25, 0.3) is 0 Å². The molecule has 1 saturated carbocycles. The Balaban J connectivity index is 1.47. The van der Waals surface area contributed by atoms with Crippen molar-refractivity contribution in [1.29, 1.82) is 5.26 Å². The van der Waals surface area contributed by atoms with E-state index in [0.29, 0.717) is 39.2 Å². The number of halogens is 4. The molecule has 0 bridgehead atoms. The van der Waals surface area contributed by atoms with E-state index in [0.717, 1.165) is 12.8 Å². The lowest BCUT2D eigenvalue weighted by Crippen LogP contribution is -2.13. The van der Waals surface area contributed by atoms with E-state index in [2.05, 4.69) is 37.0 Å². The van der Waals surface area contributed by atoms with Crippen molar-refractivity contribution in [3.63, 3.8) is 0 Å². The van der Waals surface area contributed by atoms with Gasteiger partial charge in [0.15, 0.2) is 0 Å². The summed E-state index contributed by atoms with van der Waals surface area (Å²) in [4.78, 5) is 7.96. The Morgan fingerprint density at radius 2 is 1.82 bits per heavy atom. The zero-order valence-electron chi connectivity index (χ0n) is 21.0. The van der Waals surface area contributed by atoms with Crippen LogP contribution in [0.1, 0.15) is 43.1 Å². The number of aromatic nitrogens is 5. The van der Waals surface area contributed by atoms with Gasteiger partial charge in [0, 0.05) is 17.3 Å². The first-order valence-electron chi connectivity index (χ1n) is 12.3. The fourth-order valence-corrected chi connectivity index (χ4v) is 4.57. The molecular formula is C27H18Cl2F2N8. The van der Waals surface area contributed by atoms with Crippen molar-refractivity contribution >= 4 is 51.2 Å². The highest BCUT2D eigenvalue weighted by atomic mass is 35.5. The van der Waals surface area contributed by atoms with Crippen molar-refractivity contribution in [1.82, 2.24) is 25.0 Å². The molecule has 1 fully saturated rings. The van der Waals surface area contributed by atoms with E-state index >= 15 is 0 Å². The van der Waals surface area contributed by atoms with Gasteiger partial charge in [-0.15, -0.1) is 5.10 Å². The third-order valence-electron chi connectivity index (χ3n) is 6.20. The molecule has 1 aliphatic carbocycles. The number of nitrogens with one attached hydrogen (secondary N) is 2. The number of nitrogens with zero attached hydrogens (tertiary/aromatic N) is 6. The summed E-state index contributed by atoms with van der Waals surface area (Å²) in [6.45, 7) is 0. The van der Waals surface area contributed by atoms with Crippen LogP contribution in [0.2, 0.25) is 10.0 Å². The van der Waals surface area contributed by atoms with Gasteiger partial charge in [0.2, 0.25) is 5.95 Å². The molecule has 2 aromatic carbocycles. The second-order valence-corrected chi connectivity index (χ2v) is 9.77. The van der Waals surface area contributed by atoms with Crippen molar-refractivity contribution in [3.8, 4) is 6.07 Å². The highest BCUT2D eigenvalue weighted by Crippen LogP contribution is 2.38. The summed E-state index contributed by atoms with van der Waals surface area (Å²) < 4.78 is 38.6. The van der Waals surface area contributed by atoms with Crippen molar-refractivity contribution in [2.45, 2.75) is 24.9 Å². The summed E-state index contributed by atoms with van der Waals surface area (Å²) in [5, 5.41) is 25.0. The van der Waals surface area contributed by atoms with E-state index in [-0.39, 0.29) is 21.7 Å². The third-order valence-corrected chi connectivity index (χ3v) is 6.75. The molecule has 0 amide bonds. The first-order valence-corrected chi connectivity index (χ1v) is 12.6. The Morgan fingerprint density at radius 1 is 1.05 bits per heavy atom. The molecule has 0 radical (unpaired) electrons. The minimum Gasteiger partial charge on any atom is -0.373 e. The van der Waals surface area contributed by atoms with E-state index < -0.39 is 17.8 Å². The number of benzene rings is 2. The lowest BCUT2D eigenvalue weighted by molar-refractivity contribution is 0.584. The SMILES string of the molecule is [2H][C@](Nc1cc(Cl)c2ncc(C#N)c(Nc3cnc(F)c(Cl)c3)c2c1)(c1ccc(F)cc1)c1cn(C2CC2)nn1. The van der Waals surface area contributed by atoms with Crippen molar-refractivity contribution < 1.29 is 10.2 Å². The molecule has 12 heteroatoms. The van der Waals surface area contributed by atoms with Crippen LogP contribution in [0.4, 0.5) is 25.8 Å². The molecule has 194 valence electrons. The van der Waals surface area contributed by atoms with E-state index in [1.165, 1.54) is 42.7 Å². The molecule has 0 spiro atoms. The number of rotatable bonds is 7. The molecular weight excluding hydrogens is 545 g/mol. The lowest BCUT2D eigenvalue weighted by atomic mass is 10.0. The van der Waals surface area contributed by atoms with E-state index in [1.54, 1.807) is 23.0 Å². The van der Waals surface area contributed by atoms with Crippen LogP contribution < -0.4 is 10.6 Å². The van der Waals surface area contributed by atoms with Crippen LogP contribution in [-0.2, 0) is 0 Å². The van der Waals surface area contributed by atoms with Gasteiger partial charge in [0.05, 0.1) is 58.3 Å². The van der Waals surface area contributed by atoms with E-state index in [4.69, 9.17) is 23.2 Å². The standard InChI is InChI=1S/C27H18Cl2F2N8/c28-21-8-17(35-25(14-1-3-16(30)4-2-14)23-13-39(38-37-23)19-5-6-19)7-20-24(15(10-32)11-33-26(20)21)36-18-9-22(29)27(31)34-12-18/h1-4,7-9,11-13,19,25,35H,5-6H2,(H,33,36)/t25-/m0/s1/i25D. The predicted octanol–water partition coefficient (Wildman–Crippen LogP) is 6.96. The zero-order valence-corrected chi connectivity index (χ0v) is 21.5. The summed E-state index contributed by atoms with van der Waals surface area (Å²) in [7, 11) is 0. The molecule has 3 aromatic heterocycles. The van der Waals surface area contributed by atoms with Gasteiger partial charge in [0.1, 0.15) is 17.6 Å². The normalized spacial score (nSPS) is 14.9. The molecule has 2 N–H and O–H groups in total. The Hall–Kier alpha value is -4.33. The number of fused-ring (bicyclic) bond motifs is 1. The van der Waals surface area contributed by atoms with Gasteiger partial charge in [-0.05, 0) is 48.7 Å². The summed E-state index contributed by atoms with van der Waals surface area (Å²) in [6.07, 6.45) is 6.28. The smallest absolute Gasteiger partial charge is 0.231 e. The molecule has 6 rings (SSSR count). The molecule has 0 saturated heterocycles. The maximum absolute atomic E-state index is 13.8. The third kappa shape index (κ3) is 5.06. The van der Waals surface area contributed by atoms with Crippen molar-refractivity contribution in [2.75, 3.05) is 10.6 Å². The van der Waals surface area contributed by atoms with E-state index in [9.17, 15) is 15.4 Å². The van der Waals surface area contributed by atoms with Crippen LogP contribution in [0.5, 0.6) is 0 Å². The zero-order chi connectivity index (χ0) is 28.0. The number of anilines is 3. The van der Waals surface area contributed by atoms with Crippen LogP contribution in [0.15, 0.2) is 61.1 Å². The van der Waals surface area contributed by atoms with Gasteiger partial charge in [-0.1, -0.05) is 40.5 Å². The molecule has 3 heterocycles. The molecule has 5 aromatic rings. The first-order chi connectivity index (χ1) is 19.2. The summed E-state index contributed by atoms with van der Waals surface area (Å²) in [5.41, 5.74) is 2.35. The number of hydrogen-bond donors (Lipinski definition) is 2. The second-order valence-electron chi connectivity index (χ2n) is 8.96. The van der Waals surface area contributed by atoms with Crippen LogP contribution in [-0.4, -0.2) is 25.0 Å². The maximum Gasteiger partial charge on any atom is 0.231 e. The van der Waals surface area contributed by atoms with Gasteiger partial charge in [-0.2, -0.15) is 9.65 Å². The van der Waals surface area contributed by atoms with Crippen LogP contribution in [0.3, 0.4) is 0 Å². The fourth-order valence-electron chi connectivity index (χ4n) is 4.14. The Kier molecular flexibility index (Phi) is 6.15. The fraction of sp³-hybridized carbons (Fsp3) is 0.148. The summed E-state index contributed by atoms with van der Waals surface area (Å²) in [6, 6.07) is 10.8. The maximum atomic E-state index is 13.8. The average molecular weight is 564 g/mol. The Morgan fingerprint density at radius 3 is 2.54 bits per heavy atom. The van der Waals surface area contributed by atoms with Crippen LogP contribution in [0, 0.1) is 23.1 Å². The van der Waals surface area contributed by atoms with Crippen LogP contribution in [0.25, 0.3) is 10.9 Å². The van der Waals surface area contributed by atoms with E-state index in [1.807, 2.05) is 0 Å². The molecule has 1 atom stereocenters. The summed E-state index contributed by atoms with van der Waals surface area (Å²) >= 11 is 12.5. The lowest BCUT2D eigenvalue weighted by Gasteiger charge is -2.20. The Labute approximate surface area is 232 Å². The van der Waals surface area contributed by atoms with Crippen molar-refractivity contribution in [2.24, 2.45) is 0 Å². The monoisotopic (exact) mass is 563 g/mol. The molecule has 0 unspecified atom stereocenters. The van der Waals surface area contributed by atoms with Gasteiger partial charge < -0.3 is 10.6 Å². The minimum absolute atomic E-state index is 0.184. The highest BCUT2D eigenvalue weighted by molar-refractivity contribution is 6.36. The van der Waals surface area contributed by atoms with Crippen molar-refractivity contribution in [3.05, 3.63) is 99.7 Å². The molecule has 39 heavy (non-hydrogen) atoms. The number of nitriles is 1. The highest BCUT2D eigenvalue weighted by Gasteiger charge is 2.27. The predicted molar refractivity (Wildman–Crippen MR) is 144 cm³/mol. The summed E-state index contributed by atoms with van der Waals surface area (Å²) in [5.74, 6) is -1.27. The average Bonchev–Trinajstić information content (AvgIpc) is 3.67. The minimum atomic E-state index is -1.68. The topological polar surface area (TPSA) is 104 Å².